The van der Waals surface area contributed by atoms with Crippen LogP contribution < -0.4 is 5.73 Å². The van der Waals surface area contributed by atoms with Crippen LogP contribution >= 0.6 is 11.6 Å². The maximum atomic E-state index is 14.1. The van der Waals surface area contributed by atoms with Gasteiger partial charge in [0, 0.05) is 29.7 Å². The standard InChI is InChI=1S/C15H20ClFN2/c16-11-3-6-13(14(17)7-11)15(8-18)19(12-4-5-12)9-10-1-2-10/h3,6-7,10,12,15H,1-2,4-5,8-9,18H2. The van der Waals surface area contributed by atoms with Crippen LogP contribution in [0, 0.1) is 11.7 Å². The van der Waals surface area contributed by atoms with Crippen molar-refractivity contribution in [1.82, 2.24) is 4.90 Å². The summed E-state index contributed by atoms with van der Waals surface area (Å²) in [6.45, 7) is 1.52. The van der Waals surface area contributed by atoms with E-state index in [-0.39, 0.29) is 11.9 Å². The van der Waals surface area contributed by atoms with Crippen molar-refractivity contribution in [2.75, 3.05) is 13.1 Å². The first kappa shape index (κ1) is 13.3. The molecular weight excluding hydrogens is 263 g/mol. The minimum atomic E-state index is -0.232. The summed E-state index contributed by atoms with van der Waals surface area (Å²) in [5.74, 6) is 0.564. The second-order valence-corrected chi connectivity index (χ2v) is 6.23. The molecule has 4 heteroatoms. The molecule has 2 N–H and O–H groups in total. The smallest absolute Gasteiger partial charge is 0.129 e. The fraction of sp³-hybridized carbons (Fsp3) is 0.600. The van der Waals surface area contributed by atoms with E-state index in [1.54, 1.807) is 12.1 Å². The third-order valence-corrected chi connectivity index (χ3v) is 4.36. The number of nitrogens with zero attached hydrogens (tertiary/aromatic N) is 1. The average Bonchev–Trinajstić information content (AvgIpc) is 3.25. The molecule has 1 aromatic rings. The third-order valence-electron chi connectivity index (χ3n) is 4.13. The number of halogens is 2. The lowest BCUT2D eigenvalue weighted by Gasteiger charge is -2.31. The summed E-state index contributed by atoms with van der Waals surface area (Å²) in [5.41, 5.74) is 6.63. The Morgan fingerprint density at radius 1 is 1.32 bits per heavy atom. The largest absolute Gasteiger partial charge is 0.329 e. The second-order valence-electron chi connectivity index (χ2n) is 5.79. The van der Waals surface area contributed by atoms with Gasteiger partial charge in [-0.05, 0) is 43.7 Å². The zero-order valence-corrected chi connectivity index (χ0v) is 11.7. The highest BCUT2D eigenvalue weighted by molar-refractivity contribution is 6.30. The van der Waals surface area contributed by atoms with E-state index in [0.717, 1.165) is 12.5 Å². The second kappa shape index (κ2) is 5.39. The Morgan fingerprint density at radius 2 is 2.05 bits per heavy atom. The summed E-state index contributed by atoms with van der Waals surface area (Å²) < 4.78 is 14.1. The molecule has 3 rings (SSSR count). The molecule has 2 aliphatic carbocycles. The van der Waals surface area contributed by atoms with Gasteiger partial charge in [0.05, 0.1) is 6.04 Å². The van der Waals surface area contributed by atoms with Gasteiger partial charge in [-0.15, -0.1) is 0 Å². The maximum absolute atomic E-state index is 14.1. The zero-order valence-electron chi connectivity index (χ0n) is 11.0. The van der Waals surface area contributed by atoms with E-state index in [1.165, 1.54) is 31.7 Å². The van der Waals surface area contributed by atoms with Crippen molar-refractivity contribution in [1.29, 1.82) is 0 Å². The molecule has 0 heterocycles. The van der Waals surface area contributed by atoms with Gasteiger partial charge >= 0.3 is 0 Å². The number of rotatable bonds is 6. The molecule has 104 valence electrons. The van der Waals surface area contributed by atoms with Crippen LogP contribution in [-0.4, -0.2) is 24.0 Å². The molecule has 0 saturated heterocycles. The van der Waals surface area contributed by atoms with Crippen molar-refractivity contribution in [3.8, 4) is 0 Å². The van der Waals surface area contributed by atoms with Gasteiger partial charge < -0.3 is 5.73 Å². The molecule has 2 nitrogen and oxygen atoms in total. The fourth-order valence-electron chi connectivity index (χ4n) is 2.75. The topological polar surface area (TPSA) is 29.3 Å². The molecule has 1 aromatic carbocycles. The molecule has 2 fully saturated rings. The monoisotopic (exact) mass is 282 g/mol. The molecule has 0 aromatic heterocycles. The lowest BCUT2D eigenvalue weighted by atomic mass is 10.0. The lowest BCUT2D eigenvalue weighted by molar-refractivity contribution is 0.179. The van der Waals surface area contributed by atoms with E-state index in [1.807, 2.05) is 0 Å². The Bertz CT molecular complexity index is 457. The van der Waals surface area contributed by atoms with Gasteiger partial charge in [0.1, 0.15) is 5.82 Å². The van der Waals surface area contributed by atoms with Gasteiger partial charge in [-0.1, -0.05) is 17.7 Å². The SMILES string of the molecule is NCC(c1ccc(Cl)cc1F)N(CC1CC1)C1CC1. The quantitative estimate of drug-likeness (QED) is 0.867. The molecule has 0 spiro atoms. The van der Waals surface area contributed by atoms with E-state index in [9.17, 15) is 4.39 Å². The van der Waals surface area contributed by atoms with Crippen LogP contribution in [-0.2, 0) is 0 Å². The highest BCUT2D eigenvalue weighted by Crippen LogP contribution is 2.40. The van der Waals surface area contributed by atoms with E-state index >= 15 is 0 Å². The van der Waals surface area contributed by atoms with E-state index in [2.05, 4.69) is 4.90 Å². The number of nitrogens with two attached hydrogens (primary N) is 1. The predicted molar refractivity (Wildman–Crippen MR) is 75.7 cm³/mol. The third kappa shape index (κ3) is 3.10. The maximum Gasteiger partial charge on any atom is 0.129 e. The highest BCUT2D eigenvalue weighted by atomic mass is 35.5. The molecule has 2 saturated carbocycles. The van der Waals surface area contributed by atoms with Crippen LogP contribution in [0.3, 0.4) is 0 Å². The van der Waals surface area contributed by atoms with Crippen molar-refractivity contribution in [2.45, 2.75) is 37.8 Å². The first-order valence-electron chi connectivity index (χ1n) is 7.10. The molecule has 2 aliphatic rings. The van der Waals surface area contributed by atoms with Gasteiger partial charge in [0.25, 0.3) is 0 Å². The Kier molecular flexibility index (Phi) is 3.79. The first-order valence-corrected chi connectivity index (χ1v) is 7.47. The Hall–Kier alpha value is -0.640. The molecule has 0 bridgehead atoms. The number of benzene rings is 1. The minimum absolute atomic E-state index is 0.00892. The van der Waals surface area contributed by atoms with Crippen molar-refractivity contribution < 1.29 is 4.39 Å². The summed E-state index contributed by atoms with van der Waals surface area (Å²) in [5, 5.41) is 0.442. The Morgan fingerprint density at radius 3 is 2.58 bits per heavy atom. The number of hydrogen-bond donors (Lipinski definition) is 1. The van der Waals surface area contributed by atoms with Crippen LogP contribution in [0.25, 0.3) is 0 Å². The molecule has 0 amide bonds. The van der Waals surface area contributed by atoms with Gasteiger partial charge in [0.2, 0.25) is 0 Å². The molecule has 1 atom stereocenters. The molecule has 1 unspecified atom stereocenters. The van der Waals surface area contributed by atoms with E-state index in [4.69, 9.17) is 17.3 Å². The van der Waals surface area contributed by atoms with Gasteiger partial charge in [-0.2, -0.15) is 0 Å². The van der Waals surface area contributed by atoms with Crippen LogP contribution in [0.1, 0.15) is 37.3 Å². The van der Waals surface area contributed by atoms with Gasteiger partial charge in [-0.3, -0.25) is 4.90 Å². The molecular formula is C15H20ClFN2. The van der Waals surface area contributed by atoms with Crippen LogP contribution in [0.5, 0.6) is 0 Å². The van der Waals surface area contributed by atoms with Crippen molar-refractivity contribution in [3.05, 3.63) is 34.6 Å². The normalized spacial score (nSPS) is 20.8. The van der Waals surface area contributed by atoms with E-state index < -0.39 is 0 Å². The van der Waals surface area contributed by atoms with E-state index in [0.29, 0.717) is 23.2 Å². The summed E-state index contributed by atoms with van der Waals surface area (Å²) in [6, 6.07) is 5.53. The summed E-state index contributed by atoms with van der Waals surface area (Å²) >= 11 is 5.83. The minimum Gasteiger partial charge on any atom is -0.329 e. The lowest BCUT2D eigenvalue weighted by Crippen LogP contribution is -2.37. The van der Waals surface area contributed by atoms with Crippen molar-refractivity contribution >= 4 is 11.6 Å². The number of hydrogen-bond acceptors (Lipinski definition) is 2. The zero-order chi connectivity index (χ0) is 13.4. The van der Waals surface area contributed by atoms with Crippen molar-refractivity contribution in [2.24, 2.45) is 11.7 Å². The average molecular weight is 283 g/mol. The first-order chi connectivity index (χ1) is 9.19. The summed E-state index contributed by atoms with van der Waals surface area (Å²) in [7, 11) is 0. The molecule has 0 radical (unpaired) electrons. The van der Waals surface area contributed by atoms with Crippen LogP contribution in [0.2, 0.25) is 5.02 Å². The molecule has 0 aliphatic heterocycles. The van der Waals surface area contributed by atoms with Crippen molar-refractivity contribution in [3.63, 3.8) is 0 Å². The van der Waals surface area contributed by atoms with Gasteiger partial charge in [0.15, 0.2) is 0 Å². The van der Waals surface area contributed by atoms with Crippen LogP contribution in [0.4, 0.5) is 4.39 Å². The molecule has 19 heavy (non-hydrogen) atoms. The fourth-order valence-corrected chi connectivity index (χ4v) is 2.91. The van der Waals surface area contributed by atoms with Crippen LogP contribution in [0.15, 0.2) is 18.2 Å². The highest BCUT2D eigenvalue weighted by Gasteiger charge is 2.38. The Balaban J connectivity index is 1.83. The Labute approximate surface area is 118 Å². The summed E-state index contributed by atoms with van der Waals surface area (Å²) in [4.78, 5) is 2.42. The van der Waals surface area contributed by atoms with Gasteiger partial charge in [-0.25, -0.2) is 4.39 Å². The predicted octanol–water partition coefficient (Wildman–Crippen LogP) is 3.35. The summed E-state index contributed by atoms with van der Waals surface area (Å²) in [6.07, 6.45) is 5.06.